The molecule has 1 aromatic rings. The van der Waals surface area contributed by atoms with Crippen LogP contribution >= 0.6 is 0 Å². The molecule has 0 aliphatic rings. The van der Waals surface area contributed by atoms with Crippen LogP contribution in [0.4, 0.5) is 0 Å². The molecule has 0 bridgehead atoms. The topological polar surface area (TPSA) is 9.23 Å². The van der Waals surface area contributed by atoms with Crippen LogP contribution in [-0.2, 0) is 4.43 Å². The summed E-state index contributed by atoms with van der Waals surface area (Å²) in [7, 11) is -3.13. The highest BCUT2D eigenvalue weighted by molar-refractivity contribution is 6.85. The van der Waals surface area contributed by atoms with E-state index in [1.165, 1.54) is 5.19 Å². The maximum atomic E-state index is 5.97. The molecule has 18 heavy (non-hydrogen) atoms. The molecule has 0 fully saturated rings. The summed E-state index contributed by atoms with van der Waals surface area (Å²) in [6.45, 7) is 14.1. The maximum absolute atomic E-state index is 5.97. The molecule has 0 radical (unpaired) electrons. The van der Waals surface area contributed by atoms with Crippen LogP contribution in [0, 0.1) is 11.5 Å². The monoisotopic (exact) mass is 276 g/mol. The van der Waals surface area contributed by atoms with E-state index in [9.17, 15) is 0 Å². The van der Waals surface area contributed by atoms with Gasteiger partial charge < -0.3 is 4.43 Å². The van der Waals surface area contributed by atoms with Crippen molar-refractivity contribution in [3.63, 3.8) is 0 Å². The van der Waals surface area contributed by atoms with Crippen molar-refractivity contribution in [2.24, 2.45) is 0 Å². The molecule has 0 aliphatic carbocycles. The first-order chi connectivity index (χ1) is 8.26. The number of hydrogen-bond acceptors (Lipinski definition) is 1. The molecule has 1 aromatic carbocycles. The van der Waals surface area contributed by atoms with E-state index in [4.69, 9.17) is 4.43 Å². The summed E-state index contributed by atoms with van der Waals surface area (Å²) in [5, 5.41) is 1.32. The van der Waals surface area contributed by atoms with E-state index in [1.807, 2.05) is 0 Å². The summed E-state index contributed by atoms with van der Waals surface area (Å²) in [5.41, 5.74) is 4.61. The van der Waals surface area contributed by atoms with E-state index in [-0.39, 0.29) is 0 Å². The van der Waals surface area contributed by atoms with Crippen LogP contribution < -0.4 is 5.19 Å². The van der Waals surface area contributed by atoms with Gasteiger partial charge in [-0.3, -0.25) is 0 Å². The lowest BCUT2D eigenvalue weighted by Gasteiger charge is -2.23. The number of hydrogen-bond donors (Lipinski definition) is 0. The maximum Gasteiger partial charge on any atom is 0.219 e. The SMILES string of the molecule is CCO[Si](C)(C)c1ccccc1C#C[Si](C)(C)C. The van der Waals surface area contributed by atoms with Crippen molar-refractivity contribution in [3.05, 3.63) is 29.8 Å². The molecular weight excluding hydrogens is 252 g/mol. The normalized spacial score (nSPS) is 11.9. The Morgan fingerprint density at radius 3 is 2.22 bits per heavy atom. The lowest BCUT2D eigenvalue weighted by molar-refractivity contribution is 0.339. The van der Waals surface area contributed by atoms with Crippen LogP contribution in [-0.4, -0.2) is 23.0 Å². The summed E-state index contributed by atoms with van der Waals surface area (Å²) in [6, 6.07) is 8.45. The molecule has 0 heterocycles. The Morgan fingerprint density at radius 1 is 1.06 bits per heavy atom. The zero-order chi connectivity index (χ0) is 13.8. The van der Waals surface area contributed by atoms with Crippen LogP contribution in [0.3, 0.4) is 0 Å². The summed E-state index contributed by atoms with van der Waals surface area (Å²) in [6.07, 6.45) is 0. The average Bonchev–Trinajstić information content (AvgIpc) is 2.26. The van der Waals surface area contributed by atoms with Crippen molar-refractivity contribution in [3.8, 4) is 11.5 Å². The van der Waals surface area contributed by atoms with Crippen molar-refractivity contribution in [2.75, 3.05) is 6.61 Å². The van der Waals surface area contributed by atoms with Crippen molar-refractivity contribution in [1.29, 1.82) is 0 Å². The molecule has 98 valence electrons. The van der Waals surface area contributed by atoms with E-state index in [1.54, 1.807) is 0 Å². The number of benzene rings is 1. The third-order valence-electron chi connectivity index (χ3n) is 2.65. The Kier molecular flexibility index (Phi) is 4.97. The lowest BCUT2D eigenvalue weighted by Crippen LogP contribution is -2.46. The Balaban J connectivity index is 3.18. The first-order valence-corrected chi connectivity index (χ1v) is 12.9. The quantitative estimate of drug-likeness (QED) is 0.607. The summed E-state index contributed by atoms with van der Waals surface area (Å²) < 4.78 is 5.97. The molecule has 1 nitrogen and oxygen atoms in total. The summed E-state index contributed by atoms with van der Waals surface area (Å²) in [5.74, 6) is 3.38. The molecule has 0 saturated heterocycles. The largest absolute Gasteiger partial charge is 0.413 e. The van der Waals surface area contributed by atoms with Gasteiger partial charge in [0.15, 0.2) is 0 Å². The molecule has 0 N–H and O–H groups in total. The van der Waals surface area contributed by atoms with E-state index in [0.717, 1.165) is 12.2 Å². The minimum absolute atomic E-state index is 0.773. The lowest BCUT2D eigenvalue weighted by atomic mass is 10.2. The molecule has 0 unspecified atom stereocenters. The molecule has 0 amide bonds. The van der Waals surface area contributed by atoms with E-state index in [0.29, 0.717) is 0 Å². The van der Waals surface area contributed by atoms with Crippen molar-refractivity contribution < 1.29 is 4.43 Å². The summed E-state index contributed by atoms with van der Waals surface area (Å²) in [4.78, 5) is 0. The second-order valence-electron chi connectivity index (χ2n) is 5.99. The van der Waals surface area contributed by atoms with Gasteiger partial charge in [0.1, 0.15) is 8.07 Å². The highest BCUT2D eigenvalue weighted by Crippen LogP contribution is 2.09. The van der Waals surface area contributed by atoms with Crippen LogP contribution in [0.15, 0.2) is 24.3 Å². The second-order valence-corrected chi connectivity index (χ2v) is 14.6. The predicted octanol–water partition coefficient (Wildman–Crippen LogP) is 3.36. The molecule has 0 spiro atoms. The fourth-order valence-electron chi connectivity index (χ4n) is 1.81. The highest BCUT2D eigenvalue weighted by atomic mass is 28.4. The van der Waals surface area contributed by atoms with Gasteiger partial charge in [-0.05, 0) is 31.3 Å². The third-order valence-corrected chi connectivity index (χ3v) is 6.27. The number of rotatable bonds is 3. The minimum Gasteiger partial charge on any atom is -0.413 e. The standard InChI is InChI=1S/C15H24OSi2/c1-7-16-18(5,6)15-11-9-8-10-14(15)12-13-17(2,3)4/h8-11H,7H2,1-6H3. The summed E-state index contributed by atoms with van der Waals surface area (Å²) >= 11 is 0. The van der Waals surface area contributed by atoms with Crippen molar-refractivity contribution in [1.82, 2.24) is 0 Å². The fraction of sp³-hybridized carbons (Fsp3) is 0.467. The molecule has 0 aromatic heterocycles. The van der Waals surface area contributed by atoms with Crippen LogP contribution in [0.1, 0.15) is 12.5 Å². The van der Waals surface area contributed by atoms with Gasteiger partial charge in [0.05, 0.1) is 0 Å². The molecule has 0 aliphatic heterocycles. The van der Waals surface area contributed by atoms with Crippen molar-refractivity contribution >= 4 is 21.6 Å². The highest BCUT2D eigenvalue weighted by Gasteiger charge is 2.26. The van der Waals surface area contributed by atoms with Gasteiger partial charge in [0, 0.05) is 12.2 Å². The Hall–Kier alpha value is -0.826. The average molecular weight is 277 g/mol. The van der Waals surface area contributed by atoms with Crippen LogP contribution in [0.5, 0.6) is 0 Å². The van der Waals surface area contributed by atoms with Gasteiger partial charge in [-0.2, -0.15) is 0 Å². The predicted molar refractivity (Wildman–Crippen MR) is 85.4 cm³/mol. The van der Waals surface area contributed by atoms with E-state index < -0.39 is 16.4 Å². The Bertz CT molecular complexity index is 461. The van der Waals surface area contributed by atoms with Gasteiger partial charge in [-0.15, -0.1) is 5.54 Å². The van der Waals surface area contributed by atoms with E-state index >= 15 is 0 Å². The molecule has 3 heteroatoms. The molecule has 1 rings (SSSR count). The second kappa shape index (κ2) is 5.88. The van der Waals surface area contributed by atoms with Gasteiger partial charge >= 0.3 is 0 Å². The molecular formula is C15H24OSi2. The third kappa shape index (κ3) is 4.45. The van der Waals surface area contributed by atoms with Gasteiger partial charge in [0.2, 0.25) is 8.32 Å². The minimum atomic E-state index is -1.81. The van der Waals surface area contributed by atoms with E-state index in [2.05, 4.69) is 75.4 Å². The zero-order valence-electron chi connectivity index (χ0n) is 12.4. The Labute approximate surface area is 114 Å². The fourth-order valence-corrected chi connectivity index (χ4v) is 4.49. The van der Waals surface area contributed by atoms with Crippen molar-refractivity contribution in [2.45, 2.75) is 39.7 Å². The smallest absolute Gasteiger partial charge is 0.219 e. The molecule has 0 saturated carbocycles. The van der Waals surface area contributed by atoms with Gasteiger partial charge in [-0.25, -0.2) is 0 Å². The van der Waals surface area contributed by atoms with Gasteiger partial charge in [0.25, 0.3) is 0 Å². The zero-order valence-corrected chi connectivity index (χ0v) is 14.4. The first-order valence-electron chi connectivity index (χ1n) is 6.53. The van der Waals surface area contributed by atoms with Gasteiger partial charge in [-0.1, -0.05) is 43.8 Å². The van der Waals surface area contributed by atoms with Crippen LogP contribution in [0.2, 0.25) is 32.7 Å². The molecule has 0 atom stereocenters. The van der Waals surface area contributed by atoms with Crippen LogP contribution in [0.25, 0.3) is 0 Å². The Morgan fingerprint density at radius 2 is 1.67 bits per heavy atom. The first kappa shape index (κ1) is 15.2.